The molecule has 2 bridgehead atoms. The Kier molecular flexibility index (Phi) is 2.40. The molecule has 4 rings (SSSR count). The average molecular weight is 272 g/mol. The van der Waals surface area contributed by atoms with Crippen LogP contribution in [-0.2, 0) is 4.79 Å². The Morgan fingerprint density at radius 1 is 1.15 bits per heavy atom. The van der Waals surface area contributed by atoms with E-state index >= 15 is 0 Å². The van der Waals surface area contributed by atoms with E-state index in [1.54, 1.807) is 12.1 Å². The minimum Gasteiger partial charge on any atom is -0.326 e. The Morgan fingerprint density at radius 3 is 2.30 bits per heavy atom. The van der Waals surface area contributed by atoms with Crippen molar-refractivity contribution in [2.75, 3.05) is 5.32 Å². The van der Waals surface area contributed by atoms with Gasteiger partial charge in [0.1, 0.15) is 0 Å². The molecular weight excluding hydrogens is 256 g/mol. The highest BCUT2D eigenvalue weighted by molar-refractivity contribution is 5.95. The van der Waals surface area contributed by atoms with Crippen molar-refractivity contribution in [2.24, 2.45) is 29.6 Å². The summed E-state index contributed by atoms with van der Waals surface area (Å²) in [5.41, 5.74) is 0.697. The lowest BCUT2D eigenvalue weighted by molar-refractivity contribution is -0.384. The summed E-state index contributed by atoms with van der Waals surface area (Å²) in [6.45, 7) is 0. The predicted octanol–water partition coefficient (Wildman–Crippen LogP) is 2.83. The van der Waals surface area contributed by atoms with Crippen LogP contribution in [0.25, 0.3) is 0 Å². The maximum absolute atomic E-state index is 12.3. The molecule has 0 heterocycles. The summed E-state index contributed by atoms with van der Waals surface area (Å²) < 4.78 is 0. The standard InChI is InChI=1S/C15H16N2O3/c18-15(14-12-8-1-2-9(7-8)13(12)14)16-10-3-5-11(6-4-10)17(19)20/h3-6,8-9,12-14H,1-2,7H2,(H,16,18)/t8-,9-,12+,13+/m0/s1. The molecule has 5 nitrogen and oxygen atoms in total. The molecule has 4 atom stereocenters. The lowest BCUT2D eigenvalue weighted by atomic mass is 10.0. The van der Waals surface area contributed by atoms with Gasteiger partial charge >= 0.3 is 0 Å². The molecule has 1 aromatic carbocycles. The van der Waals surface area contributed by atoms with Crippen molar-refractivity contribution >= 4 is 17.3 Å². The van der Waals surface area contributed by atoms with E-state index in [2.05, 4.69) is 5.32 Å². The monoisotopic (exact) mass is 272 g/mol. The van der Waals surface area contributed by atoms with Crippen molar-refractivity contribution in [1.29, 1.82) is 0 Å². The molecule has 20 heavy (non-hydrogen) atoms. The number of nitrogens with one attached hydrogen (secondary N) is 1. The van der Waals surface area contributed by atoms with Crippen molar-refractivity contribution < 1.29 is 9.72 Å². The SMILES string of the molecule is O=C(Nc1ccc([N+](=O)[O-])cc1)C1[C@@H]2[C@H]3CC[C@@H](C3)[C@@H]12. The van der Waals surface area contributed by atoms with E-state index in [0.29, 0.717) is 17.5 Å². The van der Waals surface area contributed by atoms with Gasteiger partial charge in [-0.05, 0) is 55.1 Å². The summed E-state index contributed by atoms with van der Waals surface area (Å²) in [6, 6.07) is 6.05. The fourth-order valence-corrected chi connectivity index (χ4v) is 4.57. The first-order valence-electron chi connectivity index (χ1n) is 7.20. The summed E-state index contributed by atoms with van der Waals surface area (Å²) >= 11 is 0. The van der Waals surface area contributed by atoms with Crippen LogP contribution in [0.3, 0.4) is 0 Å². The van der Waals surface area contributed by atoms with Crippen LogP contribution in [0.4, 0.5) is 11.4 Å². The second-order valence-corrected chi connectivity index (χ2v) is 6.31. The van der Waals surface area contributed by atoms with Gasteiger partial charge < -0.3 is 5.32 Å². The third-order valence-electron chi connectivity index (χ3n) is 5.38. The molecular formula is C15H16N2O3. The summed E-state index contributed by atoms with van der Waals surface area (Å²) in [7, 11) is 0. The number of anilines is 1. The van der Waals surface area contributed by atoms with E-state index in [0.717, 1.165) is 11.8 Å². The summed E-state index contributed by atoms with van der Waals surface area (Å²) in [5, 5.41) is 13.5. The van der Waals surface area contributed by atoms with E-state index in [9.17, 15) is 14.9 Å². The maximum atomic E-state index is 12.3. The number of nitro groups is 1. The van der Waals surface area contributed by atoms with Gasteiger partial charge in [0.2, 0.25) is 5.91 Å². The van der Waals surface area contributed by atoms with Gasteiger partial charge in [-0.25, -0.2) is 0 Å². The Morgan fingerprint density at radius 2 is 1.75 bits per heavy atom. The molecule has 3 saturated carbocycles. The smallest absolute Gasteiger partial charge is 0.269 e. The molecule has 0 unspecified atom stereocenters. The third-order valence-corrected chi connectivity index (χ3v) is 5.38. The Balaban J connectivity index is 1.42. The summed E-state index contributed by atoms with van der Waals surface area (Å²) in [4.78, 5) is 22.4. The van der Waals surface area contributed by atoms with E-state index in [1.165, 1.54) is 31.4 Å². The number of carbonyl (C=O) groups excluding carboxylic acids is 1. The normalized spacial score (nSPS) is 36.5. The number of hydrogen-bond donors (Lipinski definition) is 1. The molecule has 0 aromatic heterocycles. The zero-order chi connectivity index (χ0) is 13.9. The van der Waals surface area contributed by atoms with Crippen molar-refractivity contribution in [3.8, 4) is 0 Å². The molecule has 1 N–H and O–H groups in total. The molecule has 0 radical (unpaired) electrons. The summed E-state index contributed by atoms with van der Waals surface area (Å²) in [6.07, 6.45) is 3.93. The minimum atomic E-state index is -0.436. The molecule has 3 fully saturated rings. The van der Waals surface area contributed by atoms with Gasteiger partial charge in [0.25, 0.3) is 5.69 Å². The largest absolute Gasteiger partial charge is 0.326 e. The van der Waals surface area contributed by atoms with E-state index in [4.69, 9.17) is 0 Å². The molecule has 0 saturated heterocycles. The first-order chi connectivity index (χ1) is 9.65. The van der Waals surface area contributed by atoms with Gasteiger partial charge in [0.15, 0.2) is 0 Å². The highest BCUT2D eigenvalue weighted by atomic mass is 16.6. The molecule has 1 amide bonds. The molecule has 0 aliphatic heterocycles. The minimum absolute atomic E-state index is 0.0457. The van der Waals surface area contributed by atoms with Crippen LogP contribution in [0.2, 0.25) is 0 Å². The Labute approximate surface area is 116 Å². The van der Waals surface area contributed by atoms with Crippen LogP contribution >= 0.6 is 0 Å². The molecule has 0 spiro atoms. The second kappa shape index (κ2) is 4.04. The van der Waals surface area contributed by atoms with Crippen LogP contribution in [0.5, 0.6) is 0 Å². The van der Waals surface area contributed by atoms with Gasteiger partial charge in [0, 0.05) is 23.7 Å². The molecule has 5 heteroatoms. The number of carbonyl (C=O) groups is 1. The number of nitro benzene ring substituents is 1. The Hall–Kier alpha value is -1.91. The zero-order valence-corrected chi connectivity index (χ0v) is 11.0. The van der Waals surface area contributed by atoms with Crippen LogP contribution in [0.15, 0.2) is 24.3 Å². The molecule has 3 aliphatic carbocycles. The fraction of sp³-hybridized carbons (Fsp3) is 0.533. The zero-order valence-electron chi connectivity index (χ0n) is 11.0. The number of non-ortho nitro benzene ring substituents is 1. The first-order valence-corrected chi connectivity index (χ1v) is 7.20. The number of nitrogens with zero attached hydrogens (tertiary/aromatic N) is 1. The van der Waals surface area contributed by atoms with Gasteiger partial charge in [0.05, 0.1) is 4.92 Å². The van der Waals surface area contributed by atoms with Crippen LogP contribution in [0, 0.1) is 39.7 Å². The Bertz CT molecular complexity index is 567. The van der Waals surface area contributed by atoms with Crippen LogP contribution < -0.4 is 5.32 Å². The van der Waals surface area contributed by atoms with Gasteiger partial charge in [-0.15, -0.1) is 0 Å². The fourth-order valence-electron chi connectivity index (χ4n) is 4.57. The average Bonchev–Trinajstić information content (AvgIpc) is 2.89. The summed E-state index contributed by atoms with van der Waals surface area (Å²) in [5.74, 6) is 3.08. The number of amides is 1. The second-order valence-electron chi connectivity index (χ2n) is 6.31. The maximum Gasteiger partial charge on any atom is 0.269 e. The van der Waals surface area contributed by atoms with Crippen molar-refractivity contribution in [3.63, 3.8) is 0 Å². The van der Waals surface area contributed by atoms with E-state index in [1.807, 2.05) is 0 Å². The topological polar surface area (TPSA) is 72.2 Å². The first kappa shape index (κ1) is 11.9. The number of fused-ring (bicyclic) bond motifs is 5. The highest BCUT2D eigenvalue weighted by Crippen LogP contribution is 2.69. The molecule has 104 valence electrons. The van der Waals surface area contributed by atoms with E-state index < -0.39 is 4.92 Å². The van der Waals surface area contributed by atoms with Crippen LogP contribution in [-0.4, -0.2) is 10.8 Å². The van der Waals surface area contributed by atoms with Crippen LogP contribution in [0.1, 0.15) is 19.3 Å². The van der Waals surface area contributed by atoms with Crippen molar-refractivity contribution in [2.45, 2.75) is 19.3 Å². The van der Waals surface area contributed by atoms with Gasteiger partial charge in [-0.3, -0.25) is 14.9 Å². The van der Waals surface area contributed by atoms with E-state index in [-0.39, 0.29) is 17.5 Å². The van der Waals surface area contributed by atoms with Gasteiger partial charge in [-0.1, -0.05) is 0 Å². The third kappa shape index (κ3) is 1.65. The van der Waals surface area contributed by atoms with Gasteiger partial charge in [-0.2, -0.15) is 0 Å². The lowest BCUT2D eigenvalue weighted by Gasteiger charge is -2.09. The van der Waals surface area contributed by atoms with Crippen molar-refractivity contribution in [1.82, 2.24) is 0 Å². The van der Waals surface area contributed by atoms with Crippen molar-refractivity contribution in [3.05, 3.63) is 34.4 Å². The number of hydrogen-bond acceptors (Lipinski definition) is 3. The number of benzene rings is 1. The highest BCUT2D eigenvalue weighted by Gasteiger charge is 2.67. The molecule has 3 aliphatic rings. The number of rotatable bonds is 3. The lowest BCUT2D eigenvalue weighted by Crippen LogP contribution is -2.18. The molecule has 1 aromatic rings. The predicted molar refractivity (Wildman–Crippen MR) is 73.0 cm³/mol. The quantitative estimate of drug-likeness (QED) is 0.679.